The molecule has 1 N–H and O–H groups in total. The van der Waals surface area contributed by atoms with Crippen molar-refractivity contribution < 1.29 is 14.3 Å². The van der Waals surface area contributed by atoms with Gasteiger partial charge in [0.25, 0.3) is 0 Å². The third-order valence-electron chi connectivity index (χ3n) is 3.08. The van der Waals surface area contributed by atoms with Crippen LogP contribution in [0.25, 0.3) is 0 Å². The van der Waals surface area contributed by atoms with Crippen molar-refractivity contribution in [1.29, 1.82) is 0 Å². The Morgan fingerprint density at radius 2 is 2.11 bits per heavy atom. The van der Waals surface area contributed by atoms with Gasteiger partial charge in [-0.25, -0.2) is 0 Å². The first kappa shape index (κ1) is 15.0. The van der Waals surface area contributed by atoms with Crippen molar-refractivity contribution in [2.45, 2.75) is 45.1 Å². The Hall–Kier alpha value is -1.10. The molecule has 0 aromatic heterocycles. The molecule has 18 heavy (non-hydrogen) atoms. The molecule has 0 aromatic rings. The van der Waals surface area contributed by atoms with Crippen molar-refractivity contribution in [1.82, 2.24) is 10.2 Å². The van der Waals surface area contributed by atoms with E-state index < -0.39 is 0 Å². The number of methoxy groups -OCH3 is 1. The SMILES string of the molecule is COC[C@H](C)NC(=O)CN1CCCCCCC1=O. The highest BCUT2D eigenvalue weighted by Gasteiger charge is 2.18. The van der Waals surface area contributed by atoms with Crippen LogP contribution in [0.3, 0.4) is 0 Å². The second-order valence-electron chi connectivity index (χ2n) is 4.90. The first-order chi connectivity index (χ1) is 8.63. The van der Waals surface area contributed by atoms with E-state index in [1.807, 2.05) is 6.92 Å². The van der Waals surface area contributed by atoms with Gasteiger partial charge < -0.3 is 15.0 Å². The van der Waals surface area contributed by atoms with E-state index in [1.165, 1.54) is 0 Å². The minimum absolute atomic E-state index is 0.0210. The number of ether oxygens (including phenoxy) is 1. The molecule has 1 fully saturated rings. The van der Waals surface area contributed by atoms with Crippen LogP contribution in [0.15, 0.2) is 0 Å². The number of amides is 2. The quantitative estimate of drug-likeness (QED) is 0.796. The van der Waals surface area contributed by atoms with Crippen LogP contribution in [0, 0.1) is 0 Å². The number of carbonyl (C=O) groups excluding carboxylic acids is 2. The second-order valence-corrected chi connectivity index (χ2v) is 4.90. The number of carbonyl (C=O) groups is 2. The molecule has 0 aromatic carbocycles. The molecule has 0 aliphatic carbocycles. The fraction of sp³-hybridized carbons (Fsp3) is 0.846. The molecule has 0 radical (unpaired) electrons. The third kappa shape index (κ3) is 5.49. The Balaban J connectivity index is 2.38. The normalized spacial score (nSPS) is 19.0. The maximum absolute atomic E-state index is 11.8. The van der Waals surface area contributed by atoms with Crippen molar-refractivity contribution in [3.05, 3.63) is 0 Å². The zero-order chi connectivity index (χ0) is 13.4. The van der Waals surface area contributed by atoms with Crippen LogP contribution < -0.4 is 5.32 Å². The summed E-state index contributed by atoms with van der Waals surface area (Å²) in [4.78, 5) is 25.3. The Morgan fingerprint density at radius 3 is 2.83 bits per heavy atom. The highest BCUT2D eigenvalue weighted by atomic mass is 16.5. The average molecular weight is 256 g/mol. The number of nitrogens with one attached hydrogen (secondary N) is 1. The van der Waals surface area contributed by atoms with Gasteiger partial charge in [0.15, 0.2) is 0 Å². The van der Waals surface area contributed by atoms with Gasteiger partial charge in [-0.15, -0.1) is 0 Å². The van der Waals surface area contributed by atoms with E-state index in [1.54, 1.807) is 12.0 Å². The van der Waals surface area contributed by atoms with E-state index in [0.717, 1.165) is 25.7 Å². The molecule has 2 amide bonds. The molecule has 5 nitrogen and oxygen atoms in total. The summed E-state index contributed by atoms with van der Waals surface area (Å²) in [6, 6.07) is -0.0210. The largest absolute Gasteiger partial charge is 0.383 e. The van der Waals surface area contributed by atoms with Gasteiger partial charge in [-0.2, -0.15) is 0 Å². The molecule has 1 atom stereocenters. The third-order valence-corrected chi connectivity index (χ3v) is 3.08. The molecule has 1 aliphatic heterocycles. The van der Waals surface area contributed by atoms with E-state index in [-0.39, 0.29) is 24.4 Å². The van der Waals surface area contributed by atoms with Gasteiger partial charge in [0, 0.05) is 26.1 Å². The molecule has 0 spiro atoms. The Morgan fingerprint density at radius 1 is 1.39 bits per heavy atom. The number of nitrogens with zero attached hydrogens (tertiary/aromatic N) is 1. The van der Waals surface area contributed by atoms with Crippen LogP contribution in [0.5, 0.6) is 0 Å². The van der Waals surface area contributed by atoms with Crippen LogP contribution in [-0.4, -0.2) is 49.6 Å². The lowest BCUT2D eigenvalue weighted by Crippen LogP contribution is -2.45. The highest BCUT2D eigenvalue weighted by molar-refractivity contribution is 5.84. The minimum atomic E-state index is -0.103. The lowest BCUT2D eigenvalue weighted by atomic mass is 10.1. The fourth-order valence-electron chi connectivity index (χ4n) is 2.17. The lowest BCUT2D eigenvalue weighted by Gasteiger charge is -2.25. The molecule has 104 valence electrons. The lowest BCUT2D eigenvalue weighted by molar-refractivity contribution is -0.136. The number of hydrogen-bond acceptors (Lipinski definition) is 3. The number of likely N-dealkylation sites (tertiary alicyclic amines) is 1. The van der Waals surface area contributed by atoms with Crippen molar-refractivity contribution in [3.63, 3.8) is 0 Å². The minimum Gasteiger partial charge on any atom is -0.383 e. The fourth-order valence-corrected chi connectivity index (χ4v) is 2.17. The second kappa shape index (κ2) is 8.08. The summed E-state index contributed by atoms with van der Waals surface area (Å²) in [7, 11) is 1.60. The van der Waals surface area contributed by atoms with Crippen molar-refractivity contribution >= 4 is 11.8 Å². The maximum atomic E-state index is 11.8. The molecule has 1 saturated heterocycles. The monoisotopic (exact) mass is 256 g/mol. The highest BCUT2D eigenvalue weighted by Crippen LogP contribution is 2.11. The van der Waals surface area contributed by atoms with Crippen molar-refractivity contribution in [3.8, 4) is 0 Å². The van der Waals surface area contributed by atoms with Crippen LogP contribution >= 0.6 is 0 Å². The van der Waals surface area contributed by atoms with Crippen LogP contribution in [-0.2, 0) is 14.3 Å². The zero-order valence-electron chi connectivity index (χ0n) is 11.4. The smallest absolute Gasteiger partial charge is 0.239 e. The van der Waals surface area contributed by atoms with E-state index >= 15 is 0 Å². The number of rotatable bonds is 5. The first-order valence-corrected chi connectivity index (χ1v) is 6.69. The van der Waals surface area contributed by atoms with E-state index in [9.17, 15) is 9.59 Å². The molecule has 5 heteroatoms. The topological polar surface area (TPSA) is 58.6 Å². The van der Waals surface area contributed by atoms with Crippen LogP contribution in [0.4, 0.5) is 0 Å². The summed E-state index contributed by atoms with van der Waals surface area (Å²) >= 11 is 0. The predicted molar refractivity (Wildman–Crippen MR) is 69.1 cm³/mol. The summed E-state index contributed by atoms with van der Waals surface area (Å²) in [5.41, 5.74) is 0. The Labute approximate surface area is 109 Å². The molecule has 1 rings (SSSR count). The van der Waals surface area contributed by atoms with Crippen LogP contribution in [0.1, 0.15) is 39.0 Å². The van der Waals surface area contributed by atoms with Gasteiger partial charge in [-0.1, -0.05) is 12.8 Å². The number of hydrogen-bond donors (Lipinski definition) is 1. The molecule has 0 unspecified atom stereocenters. The summed E-state index contributed by atoms with van der Waals surface area (Å²) in [6.45, 7) is 3.24. The standard InChI is InChI=1S/C13H24N2O3/c1-11(10-18-2)14-12(16)9-15-8-6-4-3-5-7-13(15)17/h11H,3-10H2,1-2H3,(H,14,16)/t11-/m0/s1. The van der Waals surface area contributed by atoms with E-state index in [2.05, 4.69) is 5.32 Å². The van der Waals surface area contributed by atoms with Crippen LogP contribution in [0.2, 0.25) is 0 Å². The summed E-state index contributed by atoms with van der Waals surface area (Å²) in [6.07, 6.45) is 4.77. The summed E-state index contributed by atoms with van der Waals surface area (Å²) in [5, 5.41) is 2.83. The van der Waals surface area contributed by atoms with Gasteiger partial charge in [-0.3, -0.25) is 9.59 Å². The van der Waals surface area contributed by atoms with Gasteiger partial charge in [0.1, 0.15) is 0 Å². The molecule has 0 saturated carbocycles. The Bertz CT molecular complexity index is 281. The molecule has 1 aliphatic rings. The molecule has 0 bridgehead atoms. The van der Waals surface area contributed by atoms with E-state index in [4.69, 9.17) is 4.74 Å². The van der Waals surface area contributed by atoms with Gasteiger partial charge in [0.2, 0.25) is 11.8 Å². The van der Waals surface area contributed by atoms with E-state index in [0.29, 0.717) is 19.6 Å². The molecule has 1 heterocycles. The van der Waals surface area contributed by atoms with Gasteiger partial charge >= 0.3 is 0 Å². The first-order valence-electron chi connectivity index (χ1n) is 6.69. The Kier molecular flexibility index (Phi) is 6.72. The van der Waals surface area contributed by atoms with Gasteiger partial charge in [0.05, 0.1) is 13.2 Å². The summed E-state index contributed by atoms with van der Waals surface area (Å²) in [5.74, 6) is -0.00211. The summed E-state index contributed by atoms with van der Waals surface area (Å²) < 4.78 is 4.96. The molecular formula is C13H24N2O3. The average Bonchev–Trinajstić information content (AvgIpc) is 2.29. The van der Waals surface area contributed by atoms with Crippen molar-refractivity contribution in [2.75, 3.05) is 26.8 Å². The predicted octanol–water partition coefficient (Wildman–Crippen LogP) is 0.930. The van der Waals surface area contributed by atoms with Gasteiger partial charge in [-0.05, 0) is 19.8 Å². The molecular weight excluding hydrogens is 232 g/mol. The van der Waals surface area contributed by atoms with Crippen molar-refractivity contribution in [2.24, 2.45) is 0 Å². The maximum Gasteiger partial charge on any atom is 0.239 e. The zero-order valence-corrected chi connectivity index (χ0v) is 11.4.